The first-order chi connectivity index (χ1) is 9.98. The molecule has 0 aromatic heterocycles. The van der Waals surface area contributed by atoms with Gasteiger partial charge in [0, 0.05) is 35.7 Å². The molecule has 0 saturated carbocycles. The third-order valence-electron chi connectivity index (χ3n) is 5.28. The molecule has 0 bridgehead atoms. The molecule has 1 aromatic carbocycles. The highest BCUT2D eigenvalue weighted by Gasteiger charge is 2.37. The van der Waals surface area contributed by atoms with Gasteiger partial charge in [0.15, 0.2) is 0 Å². The van der Waals surface area contributed by atoms with Crippen LogP contribution in [0.4, 0.5) is 0 Å². The van der Waals surface area contributed by atoms with Gasteiger partial charge in [0.05, 0.1) is 0 Å². The van der Waals surface area contributed by atoms with Crippen molar-refractivity contribution in [2.75, 3.05) is 13.1 Å². The summed E-state index contributed by atoms with van der Waals surface area (Å²) in [5.74, 6) is 0.733. The summed E-state index contributed by atoms with van der Waals surface area (Å²) >= 11 is 3.59. The first kappa shape index (κ1) is 17.0. The lowest BCUT2D eigenvalue weighted by Gasteiger charge is -2.49. The molecular formula is C18H29BrN2. The van der Waals surface area contributed by atoms with Crippen LogP contribution in [0.5, 0.6) is 0 Å². The zero-order chi connectivity index (χ0) is 15.5. The number of hydrogen-bond donors (Lipinski definition) is 1. The van der Waals surface area contributed by atoms with E-state index >= 15 is 0 Å². The molecule has 2 nitrogen and oxygen atoms in total. The molecular weight excluding hydrogens is 324 g/mol. The molecule has 3 heteroatoms. The van der Waals surface area contributed by atoms with Crippen LogP contribution in [0.1, 0.15) is 46.1 Å². The average Bonchev–Trinajstić information content (AvgIpc) is 2.49. The van der Waals surface area contributed by atoms with Gasteiger partial charge in [-0.3, -0.25) is 4.90 Å². The van der Waals surface area contributed by atoms with Crippen molar-refractivity contribution >= 4 is 15.9 Å². The number of hydrogen-bond acceptors (Lipinski definition) is 2. The van der Waals surface area contributed by atoms with Crippen molar-refractivity contribution in [3.8, 4) is 0 Å². The summed E-state index contributed by atoms with van der Waals surface area (Å²) in [6.07, 6.45) is 2.42. The number of piperazine rings is 1. The van der Waals surface area contributed by atoms with E-state index in [-0.39, 0.29) is 5.54 Å². The maximum absolute atomic E-state index is 3.79. The lowest BCUT2D eigenvalue weighted by molar-refractivity contribution is 0.0294. The van der Waals surface area contributed by atoms with Gasteiger partial charge in [0.25, 0.3) is 0 Å². The topological polar surface area (TPSA) is 15.3 Å². The van der Waals surface area contributed by atoms with Gasteiger partial charge in [-0.2, -0.15) is 0 Å². The number of rotatable bonds is 5. The Labute approximate surface area is 138 Å². The van der Waals surface area contributed by atoms with Crippen LogP contribution < -0.4 is 5.32 Å². The summed E-state index contributed by atoms with van der Waals surface area (Å²) in [6.45, 7) is 12.6. The second-order valence-electron chi connectivity index (χ2n) is 6.73. The van der Waals surface area contributed by atoms with E-state index in [0.29, 0.717) is 6.04 Å². The van der Waals surface area contributed by atoms with Crippen molar-refractivity contribution in [1.82, 2.24) is 10.2 Å². The minimum atomic E-state index is 0.256. The highest BCUT2D eigenvalue weighted by atomic mass is 79.9. The van der Waals surface area contributed by atoms with E-state index < -0.39 is 0 Å². The molecule has 0 radical (unpaired) electrons. The fourth-order valence-electron chi connectivity index (χ4n) is 3.11. The molecule has 118 valence electrons. The Morgan fingerprint density at radius 1 is 1.43 bits per heavy atom. The molecule has 1 N–H and O–H groups in total. The van der Waals surface area contributed by atoms with Gasteiger partial charge >= 0.3 is 0 Å². The highest BCUT2D eigenvalue weighted by Crippen LogP contribution is 2.28. The molecule has 1 aliphatic rings. The summed E-state index contributed by atoms with van der Waals surface area (Å²) < 4.78 is 1.17. The van der Waals surface area contributed by atoms with E-state index in [1.54, 1.807) is 0 Å². The van der Waals surface area contributed by atoms with Gasteiger partial charge < -0.3 is 5.32 Å². The Morgan fingerprint density at radius 2 is 2.19 bits per heavy atom. The average molecular weight is 353 g/mol. The second kappa shape index (κ2) is 7.26. The summed E-state index contributed by atoms with van der Waals surface area (Å²) in [5.41, 5.74) is 1.65. The Kier molecular flexibility index (Phi) is 5.87. The zero-order valence-corrected chi connectivity index (χ0v) is 15.4. The van der Waals surface area contributed by atoms with Gasteiger partial charge in [0.2, 0.25) is 0 Å². The predicted molar refractivity (Wildman–Crippen MR) is 94.5 cm³/mol. The van der Waals surface area contributed by atoms with E-state index in [1.807, 2.05) is 0 Å². The third kappa shape index (κ3) is 4.08. The van der Waals surface area contributed by atoms with Gasteiger partial charge in [-0.05, 0) is 37.0 Å². The van der Waals surface area contributed by atoms with Crippen molar-refractivity contribution < 1.29 is 0 Å². The minimum absolute atomic E-state index is 0.256. The smallest absolute Gasteiger partial charge is 0.0307 e. The normalized spacial score (nSPS) is 28.5. The minimum Gasteiger partial charge on any atom is -0.311 e. The molecule has 3 unspecified atom stereocenters. The molecule has 2 rings (SSSR count). The Balaban J connectivity index is 2.14. The van der Waals surface area contributed by atoms with E-state index in [9.17, 15) is 0 Å². The Hall–Kier alpha value is -0.380. The van der Waals surface area contributed by atoms with Crippen molar-refractivity contribution in [3.63, 3.8) is 0 Å². The van der Waals surface area contributed by atoms with Crippen molar-refractivity contribution in [2.45, 2.75) is 58.7 Å². The van der Waals surface area contributed by atoms with Crippen LogP contribution in [0, 0.1) is 5.92 Å². The summed E-state index contributed by atoms with van der Waals surface area (Å²) in [4.78, 5) is 2.68. The van der Waals surface area contributed by atoms with Crippen LogP contribution in [0.3, 0.4) is 0 Å². The molecule has 0 spiro atoms. The van der Waals surface area contributed by atoms with Crippen LogP contribution in [-0.2, 0) is 6.54 Å². The molecule has 1 heterocycles. The van der Waals surface area contributed by atoms with Gasteiger partial charge in [-0.1, -0.05) is 55.3 Å². The van der Waals surface area contributed by atoms with E-state index in [0.717, 1.165) is 25.6 Å². The number of nitrogens with one attached hydrogen (secondary N) is 1. The van der Waals surface area contributed by atoms with E-state index in [2.05, 4.69) is 78.1 Å². The Morgan fingerprint density at radius 3 is 2.81 bits per heavy atom. The van der Waals surface area contributed by atoms with E-state index in [1.165, 1.54) is 22.9 Å². The van der Waals surface area contributed by atoms with Crippen molar-refractivity contribution in [1.29, 1.82) is 0 Å². The highest BCUT2D eigenvalue weighted by molar-refractivity contribution is 9.10. The van der Waals surface area contributed by atoms with Gasteiger partial charge in [0.1, 0.15) is 0 Å². The van der Waals surface area contributed by atoms with Crippen LogP contribution in [-0.4, -0.2) is 29.6 Å². The van der Waals surface area contributed by atoms with E-state index in [4.69, 9.17) is 0 Å². The molecule has 1 fully saturated rings. The molecule has 0 aliphatic carbocycles. The van der Waals surface area contributed by atoms with Crippen LogP contribution in [0.2, 0.25) is 0 Å². The van der Waals surface area contributed by atoms with Crippen LogP contribution >= 0.6 is 15.9 Å². The van der Waals surface area contributed by atoms with Crippen molar-refractivity contribution in [2.24, 2.45) is 5.92 Å². The molecule has 21 heavy (non-hydrogen) atoms. The maximum atomic E-state index is 3.79. The van der Waals surface area contributed by atoms with Gasteiger partial charge in [-0.15, -0.1) is 0 Å². The lowest BCUT2D eigenvalue weighted by Crippen LogP contribution is -2.63. The van der Waals surface area contributed by atoms with Crippen LogP contribution in [0.15, 0.2) is 28.7 Å². The summed E-state index contributed by atoms with van der Waals surface area (Å²) in [6, 6.07) is 9.33. The number of nitrogens with zero attached hydrogens (tertiary/aromatic N) is 1. The number of halogens is 1. The summed E-state index contributed by atoms with van der Waals surface area (Å²) in [5, 5.41) is 3.79. The maximum Gasteiger partial charge on any atom is 0.0307 e. The fraction of sp³-hybridized carbons (Fsp3) is 0.667. The first-order valence-corrected chi connectivity index (χ1v) is 9.00. The molecule has 3 atom stereocenters. The monoisotopic (exact) mass is 352 g/mol. The largest absolute Gasteiger partial charge is 0.311 e. The molecule has 1 aliphatic heterocycles. The molecule has 1 aromatic rings. The molecule has 1 saturated heterocycles. The first-order valence-electron chi connectivity index (χ1n) is 8.21. The predicted octanol–water partition coefficient (Wildman–Crippen LogP) is 4.44. The lowest BCUT2D eigenvalue weighted by atomic mass is 9.87. The second-order valence-corrected chi connectivity index (χ2v) is 7.65. The van der Waals surface area contributed by atoms with Crippen LogP contribution in [0.25, 0.3) is 0 Å². The molecule has 0 amide bonds. The Bertz CT molecular complexity index is 462. The fourth-order valence-corrected chi connectivity index (χ4v) is 3.56. The SMILES string of the molecule is CCC(C)C1CN(Cc2cccc(Br)c2)C(C)(CC)CN1. The summed E-state index contributed by atoms with van der Waals surface area (Å²) in [7, 11) is 0. The number of benzene rings is 1. The van der Waals surface area contributed by atoms with Crippen molar-refractivity contribution in [3.05, 3.63) is 34.3 Å². The third-order valence-corrected chi connectivity index (χ3v) is 5.77. The zero-order valence-electron chi connectivity index (χ0n) is 13.8. The standard InChI is InChI=1S/C18H29BrN2/c1-5-14(3)17-12-21(18(4,6-2)13-20-17)11-15-8-7-9-16(19)10-15/h7-10,14,17,20H,5-6,11-13H2,1-4H3. The van der Waals surface area contributed by atoms with Gasteiger partial charge in [-0.25, -0.2) is 0 Å². The quantitative estimate of drug-likeness (QED) is 0.842.